The first-order valence-electron chi connectivity index (χ1n) is 9.34. The number of hydrogen-bond donors (Lipinski definition) is 1. The summed E-state index contributed by atoms with van der Waals surface area (Å²) in [4.78, 5) is 29.0. The normalized spacial score (nSPS) is 11.3. The van der Waals surface area contributed by atoms with Gasteiger partial charge in [-0.15, -0.1) is 0 Å². The number of benzene rings is 2. The lowest BCUT2D eigenvalue weighted by atomic mass is 10.1. The number of carbonyl (C=O) groups excluding carboxylic acids is 1. The molecule has 1 heterocycles. The first-order chi connectivity index (χ1) is 15.7. The summed E-state index contributed by atoms with van der Waals surface area (Å²) in [5, 5.41) is 12.9. The molecule has 3 aromatic rings. The van der Waals surface area contributed by atoms with Crippen LogP contribution in [0.3, 0.4) is 0 Å². The number of nitriles is 1. The van der Waals surface area contributed by atoms with Crippen molar-refractivity contribution in [2.75, 3.05) is 12.5 Å². The Labute approximate surface area is 185 Å². The van der Waals surface area contributed by atoms with E-state index in [9.17, 15) is 22.8 Å². The van der Waals surface area contributed by atoms with Crippen LogP contribution < -0.4 is 11.0 Å². The highest BCUT2D eigenvalue weighted by atomic mass is 19.4. The van der Waals surface area contributed by atoms with Crippen LogP contribution in [-0.2, 0) is 10.9 Å². The summed E-state index contributed by atoms with van der Waals surface area (Å²) in [6.45, 7) is 1.46. The van der Waals surface area contributed by atoms with Gasteiger partial charge in [-0.3, -0.25) is 14.8 Å². The van der Waals surface area contributed by atoms with Gasteiger partial charge in [-0.2, -0.15) is 23.5 Å². The Bertz CT molecular complexity index is 1320. The molecule has 8 nitrogen and oxygen atoms in total. The van der Waals surface area contributed by atoms with Gasteiger partial charge in [0.25, 0.3) is 5.56 Å². The Morgan fingerprint density at radius 1 is 1.24 bits per heavy atom. The average Bonchev–Trinajstić information content (AvgIpc) is 2.80. The Kier molecular flexibility index (Phi) is 6.58. The molecule has 2 aromatic carbocycles. The van der Waals surface area contributed by atoms with Gasteiger partial charge >= 0.3 is 12.1 Å². The van der Waals surface area contributed by atoms with Gasteiger partial charge in [-0.05, 0) is 49.4 Å². The molecule has 168 valence electrons. The molecule has 0 amide bonds. The summed E-state index contributed by atoms with van der Waals surface area (Å²) >= 11 is 0. The lowest BCUT2D eigenvalue weighted by Gasteiger charge is -2.15. The van der Waals surface area contributed by atoms with Gasteiger partial charge in [0, 0.05) is 5.69 Å². The quantitative estimate of drug-likeness (QED) is 0.357. The van der Waals surface area contributed by atoms with E-state index in [4.69, 9.17) is 5.26 Å². The van der Waals surface area contributed by atoms with Gasteiger partial charge in [-0.25, -0.2) is 9.78 Å². The fraction of sp³-hybridized carbons (Fsp3) is 0.136. The van der Waals surface area contributed by atoms with Gasteiger partial charge in [0.15, 0.2) is 0 Å². The zero-order valence-corrected chi connectivity index (χ0v) is 17.3. The molecule has 0 spiro atoms. The van der Waals surface area contributed by atoms with Gasteiger partial charge < -0.3 is 4.74 Å². The smallest absolute Gasteiger partial charge is 0.416 e. The third-order valence-corrected chi connectivity index (χ3v) is 4.55. The molecule has 0 radical (unpaired) electrons. The van der Waals surface area contributed by atoms with Gasteiger partial charge in [-0.1, -0.05) is 6.07 Å². The number of nitrogens with one attached hydrogen (secondary N) is 1. The lowest BCUT2D eigenvalue weighted by Crippen LogP contribution is -2.31. The highest BCUT2D eigenvalue weighted by Gasteiger charge is 2.31. The number of ether oxygens (including phenoxy) is 1. The number of anilines is 1. The maximum absolute atomic E-state index is 13.2. The summed E-state index contributed by atoms with van der Waals surface area (Å²) in [6, 6.07) is 12.5. The maximum atomic E-state index is 13.2. The van der Waals surface area contributed by atoms with Crippen molar-refractivity contribution in [1.29, 1.82) is 5.26 Å². The third kappa shape index (κ3) is 5.07. The van der Waals surface area contributed by atoms with Crippen molar-refractivity contribution in [3.8, 4) is 11.8 Å². The van der Waals surface area contributed by atoms with Crippen molar-refractivity contribution < 1.29 is 22.7 Å². The van der Waals surface area contributed by atoms with E-state index in [0.717, 1.165) is 29.9 Å². The van der Waals surface area contributed by atoms with Crippen molar-refractivity contribution in [1.82, 2.24) is 9.55 Å². The van der Waals surface area contributed by atoms with E-state index >= 15 is 0 Å². The Hall–Kier alpha value is -4.46. The number of alkyl halides is 3. The monoisotopic (exact) mass is 455 g/mol. The summed E-state index contributed by atoms with van der Waals surface area (Å²) in [7, 11) is 1.05. The first-order valence-corrected chi connectivity index (χ1v) is 9.34. The van der Waals surface area contributed by atoms with Crippen LogP contribution in [0.2, 0.25) is 0 Å². The Morgan fingerprint density at radius 3 is 2.55 bits per heavy atom. The summed E-state index contributed by atoms with van der Waals surface area (Å²) in [6.07, 6.45) is -3.41. The van der Waals surface area contributed by atoms with Crippen LogP contribution in [-0.4, -0.2) is 28.8 Å². The molecule has 0 aliphatic carbocycles. The van der Waals surface area contributed by atoms with Crippen molar-refractivity contribution in [2.24, 2.45) is 5.10 Å². The molecule has 33 heavy (non-hydrogen) atoms. The minimum Gasteiger partial charge on any atom is -0.464 e. The number of aromatic nitrogens is 2. The van der Waals surface area contributed by atoms with E-state index in [1.54, 1.807) is 24.3 Å². The van der Waals surface area contributed by atoms with E-state index in [0.29, 0.717) is 11.3 Å². The van der Waals surface area contributed by atoms with Gasteiger partial charge in [0.05, 0.1) is 41.9 Å². The second-order valence-corrected chi connectivity index (χ2v) is 6.67. The number of methoxy groups -OCH3 is 1. The minimum atomic E-state index is -4.62. The predicted octanol–water partition coefficient (Wildman–Crippen LogP) is 3.66. The van der Waals surface area contributed by atoms with E-state index < -0.39 is 29.0 Å². The maximum Gasteiger partial charge on any atom is 0.416 e. The third-order valence-electron chi connectivity index (χ3n) is 4.55. The molecule has 0 aliphatic heterocycles. The lowest BCUT2D eigenvalue weighted by molar-refractivity contribution is -0.137. The Morgan fingerprint density at radius 2 is 1.94 bits per heavy atom. The van der Waals surface area contributed by atoms with Crippen LogP contribution in [0.4, 0.5) is 18.9 Å². The van der Waals surface area contributed by atoms with Gasteiger partial charge in [0.1, 0.15) is 5.69 Å². The topological polar surface area (TPSA) is 109 Å². The SMILES string of the molecule is COC(=O)c1nc(/C=N/Nc2ccc(C#N)cc2)c(C)n(-c2cccc(C(F)(F)F)c2)c1=O. The average molecular weight is 455 g/mol. The molecule has 0 unspecified atom stereocenters. The molecule has 11 heteroatoms. The molecule has 1 N–H and O–H groups in total. The number of nitrogens with zero attached hydrogens (tertiary/aromatic N) is 4. The van der Waals surface area contributed by atoms with Gasteiger partial charge in [0.2, 0.25) is 5.69 Å². The summed E-state index contributed by atoms with van der Waals surface area (Å²) in [5.41, 5.74) is 1.30. The molecule has 1 aromatic heterocycles. The molecular weight excluding hydrogens is 439 g/mol. The standard InChI is InChI=1S/C22H16F3N5O3/c1-13-18(12-27-29-16-8-6-14(11-26)7-9-16)28-19(21(32)33-2)20(31)30(13)17-5-3-4-15(10-17)22(23,24)25/h3-10,12,29H,1-2H3/b27-12+. The largest absolute Gasteiger partial charge is 0.464 e. The molecule has 0 aliphatic rings. The van der Waals surface area contributed by atoms with Crippen LogP contribution in [0, 0.1) is 18.3 Å². The molecule has 0 bridgehead atoms. The molecule has 0 saturated carbocycles. The molecule has 3 rings (SSSR count). The fourth-order valence-corrected chi connectivity index (χ4v) is 2.89. The number of esters is 1. The van der Waals surface area contributed by atoms with Crippen molar-refractivity contribution in [3.63, 3.8) is 0 Å². The van der Waals surface area contributed by atoms with E-state index in [1.807, 2.05) is 6.07 Å². The van der Waals surface area contributed by atoms with Crippen molar-refractivity contribution >= 4 is 17.9 Å². The minimum absolute atomic E-state index is 0.0496. The summed E-state index contributed by atoms with van der Waals surface area (Å²) < 4.78 is 45.1. The van der Waals surface area contributed by atoms with E-state index in [2.05, 4.69) is 20.2 Å². The predicted molar refractivity (Wildman–Crippen MR) is 113 cm³/mol. The second kappa shape index (κ2) is 9.35. The second-order valence-electron chi connectivity index (χ2n) is 6.67. The number of halogens is 3. The molecule has 0 atom stereocenters. The number of rotatable bonds is 5. The van der Waals surface area contributed by atoms with Crippen molar-refractivity contribution in [2.45, 2.75) is 13.1 Å². The van der Waals surface area contributed by atoms with Crippen LogP contribution in [0.25, 0.3) is 5.69 Å². The van der Waals surface area contributed by atoms with Crippen LogP contribution in [0.15, 0.2) is 58.4 Å². The number of hydrazone groups is 1. The highest BCUT2D eigenvalue weighted by Crippen LogP contribution is 2.30. The van der Waals surface area contributed by atoms with Crippen molar-refractivity contribution in [3.05, 3.63) is 87.1 Å². The zero-order chi connectivity index (χ0) is 24.2. The zero-order valence-electron chi connectivity index (χ0n) is 17.3. The molecule has 0 fully saturated rings. The van der Waals surface area contributed by atoms with E-state index in [-0.39, 0.29) is 17.1 Å². The first kappa shape index (κ1) is 23.2. The van der Waals surface area contributed by atoms with Crippen LogP contribution >= 0.6 is 0 Å². The fourth-order valence-electron chi connectivity index (χ4n) is 2.89. The Balaban J connectivity index is 2.09. The summed E-state index contributed by atoms with van der Waals surface area (Å²) in [5.74, 6) is -1.05. The van der Waals surface area contributed by atoms with Crippen LogP contribution in [0.1, 0.15) is 33.0 Å². The molecular formula is C22H16F3N5O3. The highest BCUT2D eigenvalue weighted by molar-refractivity contribution is 5.89. The number of hydrogen-bond acceptors (Lipinski definition) is 7. The molecule has 0 saturated heterocycles. The van der Waals surface area contributed by atoms with Crippen LogP contribution in [0.5, 0.6) is 0 Å². The number of carbonyl (C=O) groups is 1. The van der Waals surface area contributed by atoms with E-state index in [1.165, 1.54) is 19.2 Å².